The second kappa shape index (κ2) is 9.09. The Kier molecular flexibility index (Phi) is 6.09. The van der Waals surface area contributed by atoms with Crippen LogP contribution in [0, 0.1) is 0 Å². The van der Waals surface area contributed by atoms with E-state index in [1.807, 2.05) is 30.3 Å². The summed E-state index contributed by atoms with van der Waals surface area (Å²) < 4.78 is 11.1. The highest BCUT2D eigenvalue weighted by Crippen LogP contribution is 2.36. The average molecular weight is 406 g/mol. The van der Waals surface area contributed by atoms with Gasteiger partial charge in [-0.05, 0) is 37.6 Å². The van der Waals surface area contributed by atoms with Gasteiger partial charge < -0.3 is 14.5 Å². The number of benzene rings is 1. The molecule has 1 aliphatic heterocycles. The zero-order valence-corrected chi connectivity index (χ0v) is 17.3. The van der Waals surface area contributed by atoms with Crippen LogP contribution in [0.25, 0.3) is 11.5 Å². The lowest BCUT2D eigenvalue weighted by Gasteiger charge is -2.35. The minimum absolute atomic E-state index is 0.0550. The minimum atomic E-state index is -0.162. The maximum atomic E-state index is 12.4. The van der Waals surface area contributed by atoms with E-state index >= 15 is 0 Å². The van der Waals surface area contributed by atoms with Gasteiger partial charge in [-0.15, -0.1) is 0 Å². The second-order valence-corrected chi connectivity index (χ2v) is 7.37. The molecule has 2 aromatic heterocycles. The maximum absolute atomic E-state index is 12.4. The van der Waals surface area contributed by atoms with Crippen molar-refractivity contribution < 1.29 is 9.47 Å². The molecule has 7 heteroatoms. The molecule has 1 aromatic carbocycles. The van der Waals surface area contributed by atoms with Gasteiger partial charge >= 0.3 is 0 Å². The monoisotopic (exact) mass is 406 g/mol. The number of likely N-dealkylation sites (tertiary alicyclic amines) is 1. The Hall–Kier alpha value is -3.19. The molecule has 0 spiro atoms. The van der Waals surface area contributed by atoms with Crippen LogP contribution >= 0.6 is 0 Å². The lowest BCUT2D eigenvalue weighted by molar-refractivity contribution is 0.135. The summed E-state index contributed by atoms with van der Waals surface area (Å²) in [6.07, 6.45) is 4.86. The van der Waals surface area contributed by atoms with Crippen molar-refractivity contribution in [3.05, 3.63) is 70.3 Å². The van der Waals surface area contributed by atoms with Crippen LogP contribution in [0.15, 0.2) is 53.5 Å². The summed E-state index contributed by atoms with van der Waals surface area (Å²) in [6.45, 7) is 1.62. The Morgan fingerprint density at radius 3 is 2.80 bits per heavy atom. The number of hydrogen-bond donors (Lipinski definition) is 1. The fourth-order valence-corrected chi connectivity index (χ4v) is 4.08. The SMILES string of the molecule is COc1cccc(CN2CCCCC2c2cc(=O)[nH]c(-c3ccccn3)n2)c1OC. The average Bonchev–Trinajstić information content (AvgIpc) is 2.79. The number of H-pyrrole nitrogens is 1. The van der Waals surface area contributed by atoms with E-state index in [0.29, 0.717) is 18.1 Å². The first kappa shape index (κ1) is 20.1. The van der Waals surface area contributed by atoms with Gasteiger partial charge in [-0.1, -0.05) is 24.6 Å². The van der Waals surface area contributed by atoms with E-state index in [9.17, 15) is 4.79 Å². The number of aromatic nitrogens is 3. The number of pyridine rings is 1. The lowest BCUT2D eigenvalue weighted by Crippen LogP contribution is -2.34. The van der Waals surface area contributed by atoms with Crippen LogP contribution in [-0.2, 0) is 6.54 Å². The first-order valence-electron chi connectivity index (χ1n) is 10.2. The van der Waals surface area contributed by atoms with Crippen LogP contribution in [0.5, 0.6) is 11.5 Å². The second-order valence-electron chi connectivity index (χ2n) is 7.37. The molecule has 1 aliphatic rings. The fourth-order valence-electron chi connectivity index (χ4n) is 4.08. The van der Waals surface area contributed by atoms with Crippen LogP contribution in [0.4, 0.5) is 0 Å². The summed E-state index contributed by atoms with van der Waals surface area (Å²) in [6, 6.07) is 13.2. The van der Waals surface area contributed by atoms with Crippen LogP contribution in [0.1, 0.15) is 36.6 Å². The molecule has 0 saturated carbocycles. The summed E-state index contributed by atoms with van der Waals surface area (Å²) >= 11 is 0. The summed E-state index contributed by atoms with van der Waals surface area (Å²) in [4.78, 5) is 26.7. The number of ether oxygens (including phenoxy) is 2. The Bertz CT molecular complexity index is 1050. The van der Waals surface area contributed by atoms with Crippen molar-refractivity contribution in [1.29, 1.82) is 0 Å². The normalized spacial score (nSPS) is 16.9. The van der Waals surface area contributed by atoms with E-state index in [-0.39, 0.29) is 11.6 Å². The molecule has 0 aliphatic carbocycles. The Morgan fingerprint density at radius 2 is 2.03 bits per heavy atom. The molecule has 3 heterocycles. The third kappa shape index (κ3) is 4.21. The number of nitrogens with zero attached hydrogens (tertiary/aromatic N) is 3. The third-order valence-electron chi connectivity index (χ3n) is 5.48. The molecule has 1 N–H and O–H groups in total. The molecular formula is C23H26N4O3. The Morgan fingerprint density at radius 1 is 1.13 bits per heavy atom. The van der Waals surface area contributed by atoms with Gasteiger partial charge in [-0.3, -0.25) is 14.7 Å². The Labute approximate surface area is 175 Å². The van der Waals surface area contributed by atoms with Crippen molar-refractivity contribution in [1.82, 2.24) is 19.9 Å². The van der Waals surface area contributed by atoms with Gasteiger partial charge in [-0.25, -0.2) is 4.98 Å². The molecule has 7 nitrogen and oxygen atoms in total. The molecule has 0 radical (unpaired) electrons. The zero-order valence-electron chi connectivity index (χ0n) is 17.3. The van der Waals surface area contributed by atoms with Gasteiger partial charge in [0.15, 0.2) is 17.3 Å². The Balaban J connectivity index is 1.67. The summed E-state index contributed by atoms with van der Waals surface area (Å²) in [5.74, 6) is 1.97. The molecule has 1 saturated heterocycles. The van der Waals surface area contributed by atoms with Crippen LogP contribution in [-0.4, -0.2) is 40.6 Å². The zero-order chi connectivity index (χ0) is 20.9. The largest absolute Gasteiger partial charge is 0.493 e. The molecule has 3 aromatic rings. The van der Waals surface area contributed by atoms with Crippen molar-refractivity contribution in [2.45, 2.75) is 31.8 Å². The number of methoxy groups -OCH3 is 2. The fraction of sp³-hybridized carbons (Fsp3) is 0.348. The van der Waals surface area contributed by atoms with E-state index < -0.39 is 0 Å². The van der Waals surface area contributed by atoms with Crippen molar-refractivity contribution in [2.24, 2.45) is 0 Å². The molecule has 1 atom stereocenters. The molecule has 0 amide bonds. The van der Waals surface area contributed by atoms with Gasteiger partial charge in [0, 0.05) is 24.4 Å². The highest BCUT2D eigenvalue weighted by Gasteiger charge is 2.27. The number of nitrogens with one attached hydrogen (secondary N) is 1. The molecule has 156 valence electrons. The van der Waals surface area contributed by atoms with Crippen molar-refractivity contribution >= 4 is 0 Å². The lowest BCUT2D eigenvalue weighted by atomic mass is 9.98. The molecular weight excluding hydrogens is 380 g/mol. The number of piperidine rings is 1. The molecule has 1 unspecified atom stereocenters. The van der Waals surface area contributed by atoms with Crippen molar-refractivity contribution in [2.75, 3.05) is 20.8 Å². The van der Waals surface area contributed by atoms with Gasteiger partial charge in [0.05, 0.1) is 26.0 Å². The highest BCUT2D eigenvalue weighted by atomic mass is 16.5. The van der Waals surface area contributed by atoms with E-state index in [2.05, 4.69) is 20.9 Å². The number of rotatable bonds is 6. The van der Waals surface area contributed by atoms with E-state index in [1.54, 1.807) is 26.5 Å². The van der Waals surface area contributed by atoms with Crippen LogP contribution in [0.3, 0.4) is 0 Å². The van der Waals surface area contributed by atoms with E-state index in [1.165, 1.54) is 0 Å². The van der Waals surface area contributed by atoms with Gasteiger partial charge in [0.1, 0.15) is 5.69 Å². The van der Waals surface area contributed by atoms with Crippen molar-refractivity contribution in [3.63, 3.8) is 0 Å². The first-order chi connectivity index (χ1) is 14.7. The number of hydrogen-bond acceptors (Lipinski definition) is 6. The van der Waals surface area contributed by atoms with E-state index in [4.69, 9.17) is 14.5 Å². The summed E-state index contributed by atoms with van der Waals surface area (Å²) in [7, 11) is 3.30. The molecule has 30 heavy (non-hydrogen) atoms. The minimum Gasteiger partial charge on any atom is -0.493 e. The van der Waals surface area contributed by atoms with Gasteiger partial charge in [0.2, 0.25) is 0 Å². The maximum Gasteiger partial charge on any atom is 0.251 e. The number of para-hydroxylation sites is 1. The smallest absolute Gasteiger partial charge is 0.251 e. The quantitative estimate of drug-likeness (QED) is 0.674. The number of aromatic amines is 1. The van der Waals surface area contributed by atoms with Crippen molar-refractivity contribution in [3.8, 4) is 23.0 Å². The predicted molar refractivity (Wildman–Crippen MR) is 115 cm³/mol. The third-order valence-corrected chi connectivity index (χ3v) is 5.48. The first-order valence-corrected chi connectivity index (χ1v) is 10.2. The topological polar surface area (TPSA) is 80.3 Å². The summed E-state index contributed by atoms with van der Waals surface area (Å²) in [5, 5.41) is 0. The predicted octanol–water partition coefficient (Wildman–Crippen LogP) is 3.58. The molecule has 0 bridgehead atoms. The van der Waals surface area contributed by atoms with E-state index in [0.717, 1.165) is 48.6 Å². The van der Waals surface area contributed by atoms with Gasteiger partial charge in [-0.2, -0.15) is 0 Å². The van der Waals surface area contributed by atoms with Crippen LogP contribution < -0.4 is 15.0 Å². The summed E-state index contributed by atoms with van der Waals surface area (Å²) in [5.41, 5.74) is 2.33. The highest BCUT2D eigenvalue weighted by molar-refractivity contribution is 5.48. The van der Waals surface area contributed by atoms with Gasteiger partial charge in [0.25, 0.3) is 5.56 Å². The standard InChI is InChI=1S/C23H26N4O3/c1-29-20-11-7-8-16(22(20)30-2)15-27-13-6-4-10-19(27)18-14-21(28)26-23(25-18)17-9-3-5-12-24-17/h3,5,7-9,11-12,14,19H,4,6,10,13,15H2,1-2H3,(H,25,26,28). The molecule has 4 rings (SSSR count). The van der Waals surface area contributed by atoms with Crippen LogP contribution in [0.2, 0.25) is 0 Å². The molecule has 1 fully saturated rings.